The van der Waals surface area contributed by atoms with Gasteiger partial charge in [0.2, 0.25) is 0 Å². The van der Waals surface area contributed by atoms with Crippen LogP contribution in [-0.4, -0.2) is 34.3 Å². The van der Waals surface area contributed by atoms with Crippen molar-refractivity contribution in [2.75, 3.05) is 18.0 Å². The fraction of sp³-hybridized carbons (Fsp3) is 0.133. The Labute approximate surface area is 228 Å². The Bertz CT molecular complexity index is 1520. The van der Waals surface area contributed by atoms with Crippen LogP contribution in [0.3, 0.4) is 0 Å². The summed E-state index contributed by atoms with van der Waals surface area (Å²) in [6.07, 6.45) is 1.51. The molecule has 0 radical (unpaired) electrons. The Hall–Kier alpha value is -4.63. The molecule has 0 atom stereocenters. The molecule has 9 heteroatoms. The van der Waals surface area contributed by atoms with E-state index in [4.69, 9.17) is 9.47 Å². The van der Waals surface area contributed by atoms with Gasteiger partial charge in [0.05, 0.1) is 42.6 Å². The number of amides is 1. The predicted molar refractivity (Wildman–Crippen MR) is 152 cm³/mol. The summed E-state index contributed by atoms with van der Waals surface area (Å²) in [6.45, 7) is 2.50. The molecule has 0 fully saturated rings. The van der Waals surface area contributed by atoms with Gasteiger partial charge in [0.1, 0.15) is 11.5 Å². The van der Waals surface area contributed by atoms with Crippen molar-refractivity contribution >= 4 is 27.8 Å². The van der Waals surface area contributed by atoms with Gasteiger partial charge in [-0.25, -0.2) is 13.8 Å². The quantitative estimate of drug-likeness (QED) is 0.206. The summed E-state index contributed by atoms with van der Waals surface area (Å²) >= 11 is 0. The van der Waals surface area contributed by atoms with E-state index in [1.807, 2.05) is 61.5 Å². The lowest BCUT2D eigenvalue weighted by molar-refractivity contribution is 0.0955. The summed E-state index contributed by atoms with van der Waals surface area (Å²) < 4.78 is 39.6. The van der Waals surface area contributed by atoms with E-state index in [1.165, 1.54) is 29.8 Å². The van der Waals surface area contributed by atoms with Gasteiger partial charge in [-0.15, -0.1) is 0 Å². The molecule has 1 amide bonds. The lowest BCUT2D eigenvalue weighted by atomic mass is 10.1. The first kappa shape index (κ1) is 27.4. The van der Waals surface area contributed by atoms with Gasteiger partial charge >= 0.3 is 0 Å². The van der Waals surface area contributed by atoms with Gasteiger partial charge in [0, 0.05) is 0 Å². The number of ether oxygens (including phenoxy) is 2. The highest BCUT2D eigenvalue weighted by atomic mass is 32.2. The number of hydrogen-bond acceptors (Lipinski definition) is 6. The average molecular weight is 544 g/mol. The first-order valence-electron chi connectivity index (χ1n) is 12.3. The maximum absolute atomic E-state index is 13.9. The van der Waals surface area contributed by atoms with Gasteiger partial charge in [-0.1, -0.05) is 42.5 Å². The number of hydrogen-bond donors (Lipinski definition) is 1. The zero-order valence-corrected chi connectivity index (χ0v) is 22.5. The summed E-state index contributed by atoms with van der Waals surface area (Å²) in [6, 6.07) is 29.1. The molecule has 0 aliphatic rings. The van der Waals surface area contributed by atoms with Crippen molar-refractivity contribution in [2.24, 2.45) is 5.10 Å². The Balaban J connectivity index is 1.65. The molecule has 0 saturated carbocycles. The Morgan fingerprint density at radius 3 is 2.18 bits per heavy atom. The number of hydrazone groups is 1. The van der Waals surface area contributed by atoms with Gasteiger partial charge in [-0.05, 0) is 78.7 Å². The second kappa shape index (κ2) is 12.7. The molecule has 4 aromatic rings. The third-order valence-corrected chi connectivity index (χ3v) is 7.58. The molecule has 4 rings (SSSR count). The number of rotatable bonds is 11. The summed E-state index contributed by atoms with van der Waals surface area (Å²) in [5.41, 5.74) is 4.43. The molecule has 0 aromatic heterocycles. The van der Waals surface area contributed by atoms with E-state index in [9.17, 15) is 13.2 Å². The molecule has 200 valence electrons. The molecule has 8 nitrogen and oxygen atoms in total. The molecule has 1 N–H and O–H groups in total. The normalized spacial score (nSPS) is 11.2. The molecule has 39 heavy (non-hydrogen) atoms. The SMILES string of the molecule is CCOc1ccc(/C=N/NC(=O)c2ccccc2N(Cc2ccccc2)S(=O)(=O)c2ccc(OC)cc2)cc1. The first-order valence-corrected chi connectivity index (χ1v) is 13.7. The van der Waals surface area contributed by atoms with Crippen LogP contribution in [0.4, 0.5) is 5.69 Å². The average Bonchev–Trinajstić information content (AvgIpc) is 2.97. The summed E-state index contributed by atoms with van der Waals surface area (Å²) in [7, 11) is -2.55. The topological polar surface area (TPSA) is 97.3 Å². The van der Waals surface area contributed by atoms with Crippen LogP contribution >= 0.6 is 0 Å². The summed E-state index contributed by atoms with van der Waals surface area (Å²) in [5.74, 6) is 0.730. The second-order valence-electron chi connectivity index (χ2n) is 8.39. The van der Waals surface area contributed by atoms with Crippen molar-refractivity contribution in [1.82, 2.24) is 5.43 Å². The van der Waals surface area contributed by atoms with Crippen molar-refractivity contribution in [3.8, 4) is 11.5 Å². The zero-order chi connectivity index (χ0) is 27.7. The number of nitrogens with zero attached hydrogens (tertiary/aromatic N) is 2. The van der Waals surface area contributed by atoms with Crippen molar-refractivity contribution in [1.29, 1.82) is 0 Å². The Kier molecular flexibility index (Phi) is 8.96. The van der Waals surface area contributed by atoms with Crippen molar-refractivity contribution in [3.05, 3.63) is 120 Å². The van der Waals surface area contributed by atoms with Gasteiger partial charge in [-0.3, -0.25) is 9.10 Å². The fourth-order valence-electron chi connectivity index (χ4n) is 3.85. The number of anilines is 1. The number of sulfonamides is 1. The van der Waals surface area contributed by atoms with E-state index >= 15 is 0 Å². The highest BCUT2D eigenvalue weighted by Crippen LogP contribution is 2.30. The van der Waals surface area contributed by atoms with Crippen LogP contribution in [0, 0.1) is 0 Å². The number of carbonyl (C=O) groups excluding carboxylic acids is 1. The highest BCUT2D eigenvalue weighted by Gasteiger charge is 2.28. The van der Waals surface area contributed by atoms with E-state index in [0.29, 0.717) is 12.4 Å². The minimum atomic E-state index is -4.06. The summed E-state index contributed by atoms with van der Waals surface area (Å²) in [4.78, 5) is 13.3. The van der Waals surface area contributed by atoms with E-state index in [1.54, 1.807) is 36.4 Å². The van der Waals surface area contributed by atoms with Crippen molar-refractivity contribution < 1.29 is 22.7 Å². The van der Waals surface area contributed by atoms with Crippen LogP contribution in [0.25, 0.3) is 0 Å². The maximum Gasteiger partial charge on any atom is 0.273 e. The first-order chi connectivity index (χ1) is 18.9. The third-order valence-electron chi connectivity index (χ3n) is 5.80. The van der Waals surface area contributed by atoms with Crippen molar-refractivity contribution in [3.63, 3.8) is 0 Å². The van der Waals surface area contributed by atoms with Crippen LogP contribution in [0.15, 0.2) is 113 Å². The van der Waals surface area contributed by atoms with E-state index in [0.717, 1.165) is 16.9 Å². The Morgan fingerprint density at radius 1 is 0.872 bits per heavy atom. The lowest BCUT2D eigenvalue weighted by Gasteiger charge is -2.26. The molecule has 0 bridgehead atoms. The zero-order valence-electron chi connectivity index (χ0n) is 21.7. The lowest BCUT2D eigenvalue weighted by Crippen LogP contribution is -2.33. The number of para-hydroxylation sites is 1. The molecule has 0 aliphatic heterocycles. The van der Waals surface area contributed by atoms with E-state index in [2.05, 4.69) is 10.5 Å². The standard InChI is InChI=1S/C30H29N3O5S/c1-3-38-26-15-13-23(14-16-26)21-31-32-30(34)28-11-7-8-12-29(28)33(22-24-9-5-4-6-10-24)39(35,36)27-19-17-25(37-2)18-20-27/h4-21H,3,22H2,1-2H3,(H,32,34)/b31-21+. The molecule has 0 saturated heterocycles. The molecule has 0 spiro atoms. The predicted octanol–water partition coefficient (Wildman–Crippen LogP) is 5.25. The van der Waals surface area contributed by atoms with Crippen LogP contribution in [-0.2, 0) is 16.6 Å². The Morgan fingerprint density at radius 2 is 1.51 bits per heavy atom. The highest BCUT2D eigenvalue weighted by molar-refractivity contribution is 7.92. The van der Waals surface area contributed by atoms with Gasteiger partial charge < -0.3 is 9.47 Å². The molecular formula is C30H29N3O5S. The van der Waals surface area contributed by atoms with Crippen LogP contribution in [0.2, 0.25) is 0 Å². The number of benzene rings is 4. The van der Waals surface area contributed by atoms with Crippen molar-refractivity contribution in [2.45, 2.75) is 18.4 Å². The monoisotopic (exact) mass is 543 g/mol. The van der Waals surface area contributed by atoms with E-state index < -0.39 is 15.9 Å². The molecule has 0 heterocycles. The number of carbonyl (C=O) groups is 1. The molecule has 4 aromatic carbocycles. The number of methoxy groups -OCH3 is 1. The molecule has 0 aliphatic carbocycles. The minimum Gasteiger partial charge on any atom is -0.497 e. The van der Waals surface area contributed by atoms with Crippen LogP contribution in [0.1, 0.15) is 28.4 Å². The van der Waals surface area contributed by atoms with Gasteiger partial charge in [0.25, 0.3) is 15.9 Å². The van der Waals surface area contributed by atoms with Crippen LogP contribution in [0.5, 0.6) is 11.5 Å². The fourth-order valence-corrected chi connectivity index (χ4v) is 5.32. The molecular weight excluding hydrogens is 514 g/mol. The minimum absolute atomic E-state index is 0.0228. The van der Waals surface area contributed by atoms with E-state index in [-0.39, 0.29) is 22.7 Å². The maximum atomic E-state index is 13.9. The number of nitrogens with one attached hydrogen (secondary N) is 1. The van der Waals surface area contributed by atoms with Gasteiger partial charge in [0.15, 0.2) is 0 Å². The molecule has 0 unspecified atom stereocenters. The largest absolute Gasteiger partial charge is 0.497 e. The third kappa shape index (κ3) is 6.82. The van der Waals surface area contributed by atoms with Gasteiger partial charge in [-0.2, -0.15) is 5.10 Å². The van der Waals surface area contributed by atoms with Crippen LogP contribution < -0.4 is 19.2 Å². The summed E-state index contributed by atoms with van der Waals surface area (Å²) in [5, 5.41) is 4.07. The smallest absolute Gasteiger partial charge is 0.273 e. The second-order valence-corrected chi connectivity index (χ2v) is 10.3.